The topological polar surface area (TPSA) is 164 Å². The molecule has 7 rings (SSSR count). The van der Waals surface area contributed by atoms with Crippen molar-refractivity contribution in [1.82, 2.24) is 25.3 Å². The smallest absolute Gasteiger partial charge is 0.269 e. The van der Waals surface area contributed by atoms with Crippen LogP contribution in [0.2, 0.25) is 0 Å². The third-order valence-corrected chi connectivity index (χ3v) is 9.77. The van der Waals surface area contributed by atoms with E-state index in [1.165, 1.54) is 11.8 Å². The first kappa shape index (κ1) is 31.5. The van der Waals surface area contributed by atoms with Crippen LogP contribution in [0.15, 0.2) is 72.0 Å². The lowest BCUT2D eigenvalue weighted by molar-refractivity contribution is -0.121. The van der Waals surface area contributed by atoms with Crippen LogP contribution in [0.25, 0.3) is 11.1 Å². The van der Waals surface area contributed by atoms with E-state index in [4.69, 9.17) is 16.6 Å². The van der Waals surface area contributed by atoms with Crippen molar-refractivity contribution in [2.75, 3.05) is 30.4 Å². The predicted octanol–water partition coefficient (Wildman–Crippen LogP) is 3.51. The van der Waals surface area contributed by atoms with Crippen LogP contribution in [-0.4, -0.2) is 59.0 Å². The molecular weight excluding hydrogens is 606 g/mol. The molecular formula is C36H43N9O3. The van der Waals surface area contributed by atoms with E-state index in [0.717, 1.165) is 91.7 Å². The number of likely N-dealkylation sites (tertiary alicyclic amines) is 1. The van der Waals surface area contributed by atoms with Gasteiger partial charge in [0.25, 0.3) is 5.91 Å². The lowest BCUT2D eigenvalue weighted by Gasteiger charge is -2.43. The van der Waals surface area contributed by atoms with Gasteiger partial charge in [0.15, 0.2) is 0 Å². The molecule has 1 unspecified atom stereocenters. The normalized spacial score (nSPS) is 19.8. The van der Waals surface area contributed by atoms with E-state index in [9.17, 15) is 14.4 Å². The summed E-state index contributed by atoms with van der Waals surface area (Å²) in [6.45, 7) is 4.59. The Labute approximate surface area is 280 Å². The zero-order valence-electron chi connectivity index (χ0n) is 27.4. The second-order valence-corrected chi connectivity index (χ2v) is 13.4. The van der Waals surface area contributed by atoms with Gasteiger partial charge in [-0.15, -0.1) is 0 Å². The van der Waals surface area contributed by atoms with Gasteiger partial charge in [0.1, 0.15) is 17.8 Å². The summed E-state index contributed by atoms with van der Waals surface area (Å²) >= 11 is 0. The maximum atomic E-state index is 13.1. The lowest BCUT2D eigenvalue weighted by atomic mass is 9.91. The van der Waals surface area contributed by atoms with Crippen LogP contribution in [0, 0.1) is 5.92 Å². The van der Waals surface area contributed by atoms with Crippen molar-refractivity contribution < 1.29 is 14.4 Å². The van der Waals surface area contributed by atoms with Crippen molar-refractivity contribution in [2.24, 2.45) is 17.4 Å². The standard InChI is InChI=1S/C36H43N9O3/c1-3-30-34-27(16-39-45(34)25-18-44(19-25)17-22-7-4-5-8-23(22)20-46)26-9-6-10-28(33(26)43(30)2)41-29(32(38)36(48)40-24-13-14-24)15-31(37)42-35(47)21-11-12-21/h4-10,15-16,20-21,24-25,30,41H,3,11-14,17-19,37-38H2,1-2H3,(H,40,48)(H,42,47)/b31-15+,32-29+. The summed E-state index contributed by atoms with van der Waals surface area (Å²) in [6.07, 6.45) is 8.80. The van der Waals surface area contributed by atoms with Crippen LogP contribution in [0.1, 0.15) is 72.7 Å². The van der Waals surface area contributed by atoms with Crippen molar-refractivity contribution >= 4 is 29.5 Å². The van der Waals surface area contributed by atoms with E-state index in [-0.39, 0.29) is 47.4 Å². The molecule has 12 heteroatoms. The van der Waals surface area contributed by atoms with Gasteiger partial charge in [-0.3, -0.25) is 24.0 Å². The Kier molecular flexibility index (Phi) is 8.42. The van der Waals surface area contributed by atoms with Gasteiger partial charge >= 0.3 is 0 Å². The number of hydrogen-bond acceptors (Lipinski definition) is 9. The van der Waals surface area contributed by atoms with E-state index in [0.29, 0.717) is 5.70 Å². The zero-order valence-corrected chi connectivity index (χ0v) is 27.4. The maximum Gasteiger partial charge on any atom is 0.269 e. The molecule has 2 saturated carbocycles. The van der Waals surface area contributed by atoms with E-state index in [2.05, 4.69) is 50.5 Å². The Hall–Kier alpha value is -5.10. The van der Waals surface area contributed by atoms with Crippen LogP contribution in [0.5, 0.6) is 0 Å². The van der Waals surface area contributed by atoms with Gasteiger partial charge < -0.3 is 32.3 Å². The molecule has 2 amide bonds. The highest BCUT2D eigenvalue weighted by Crippen LogP contribution is 2.49. The number of amides is 2. The number of nitrogens with one attached hydrogen (secondary N) is 3. The highest BCUT2D eigenvalue weighted by molar-refractivity contribution is 5.96. The Morgan fingerprint density at radius 2 is 1.79 bits per heavy atom. The molecule has 250 valence electrons. The fourth-order valence-corrected chi connectivity index (χ4v) is 6.83. The van der Waals surface area contributed by atoms with Crippen molar-refractivity contribution in [3.8, 4) is 11.1 Å². The third-order valence-electron chi connectivity index (χ3n) is 9.77. The molecule has 2 aliphatic heterocycles. The maximum absolute atomic E-state index is 13.1. The molecule has 7 N–H and O–H groups in total. The minimum absolute atomic E-state index is 0.00700. The highest BCUT2D eigenvalue weighted by atomic mass is 16.2. The number of carbonyl (C=O) groups is 3. The Bertz CT molecular complexity index is 1810. The first-order chi connectivity index (χ1) is 23.2. The number of aromatic nitrogens is 2. The zero-order chi connectivity index (χ0) is 33.5. The fourth-order valence-electron chi connectivity index (χ4n) is 6.83. The number of hydrogen-bond donors (Lipinski definition) is 5. The number of benzene rings is 2. The van der Waals surface area contributed by atoms with Gasteiger partial charge in [-0.25, -0.2) is 0 Å². The van der Waals surface area contributed by atoms with Crippen LogP contribution < -0.4 is 32.3 Å². The van der Waals surface area contributed by atoms with Crippen LogP contribution in [0.3, 0.4) is 0 Å². The molecule has 0 bridgehead atoms. The number of para-hydroxylation sites is 1. The van der Waals surface area contributed by atoms with E-state index in [1.807, 2.05) is 42.6 Å². The van der Waals surface area contributed by atoms with Crippen LogP contribution >= 0.6 is 0 Å². The summed E-state index contributed by atoms with van der Waals surface area (Å²) in [7, 11) is 2.08. The van der Waals surface area contributed by atoms with Crippen LogP contribution in [0.4, 0.5) is 11.4 Å². The SMILES string of the molecule is CCC1c2c(cnn2C2CN(Cc3ccccc3C=O)C2)-c2cccc(NC(/C=C(\N)NC(=O)C3CC3)=C(/N)C(=O)NC3CC3)c2N1C. The monoisotopic (exact) mass is 649 g/mol. The number of aldehydes is 1. The molecule has 1 aromatic heterocycles. The molecule has 3 heterocycles. The minimum Gasteiger partial charge on any atom is -0.393 e. The predicted molar refractivity (Wildman–Crippen MR) is 184 cm³/mol. The van der Waals surface area contributed by atoms with E-state index >= 15 is 0 Å². The van der Waals surface area contributed by atoms with Gasteiger partial charge in [0.05, 0.1) is 41.0 Å². The Balaban J connectivity index is 1.17. The first-order valence-corrected chi connectivity index (χ1v) is 16.8. The molecule has 1 saturated heterocycles. The molecule has 12 nitrogen and oxygen atoms in total. The van der Waals surface area contributed by atoms with Crippen molar-refractivity contribution in [3.63, 3.8) is 0 Å². The Morgan fingerprint density at radius 1 is 1.02 bits per heavy atom. The van der Waals surface area contributed by atoms with Gasteiger partial charge in [-0.1, -0.05) is 43.3 Å². The van der Waals surface area contributed by atoms with Gasteiger partial charge in [0.2, 0.25) is 5.91 Å². The summed E-state index contributed by atoms with van der Waals surface area (Å²) in [5, 5.41) is 14.0. The third kappa shape index (κ3) is 6.15. The molecule has 2 aliphatic carbocycles. The Morgan fingerprint density at radius 3 is 2.50 bits per heavy atom. The second kappa shape index (κ2) is 12.8. The number of rotatable bonds is 12. The number of anilines is 2. The average Bonchev–Trinajstić information content (AvgIpc) is 4.01. The molecule has 0 spiro atoms. The summed E-state index contributed by atoms with van der Waals surface area (Å²) in [6, 6.07) is 14.1. The summed E-state index contributed by atoms with van der Waals surface area (Å²) < 4.78 is 2.18. The highest BCUT2D eigenvalue weighted by Gasteiger charge is 2.38. The van der Waals surface area contributed by atoms with E-state index < -0.39 is 0 Å². The quantitative estimate of drug-likeness (QED) is 0.112. The number of nitrogens with two attached hydrogens (primary N) is 2. The number of fused-ring (bicyclic) bond motifs is 3. The van der Waals surface area contributed by atoms with E-state index in [1.54, 1.807) is 0 Å². The summed E-state index contributed by atoms with van der Waals surface area (Å²) in [4.78, 5) is 41.6. The van der Waals surface area contributed by atoms with Crippen molar-refractivity contribution in [1.29, 1.82) is 0 Å². The summed E-state index contributed by atoms with van der Waals surface area (Å²) in [5.41, 5.74) is 19.8. The van der Waals surface area contributed by atoms with Crippen molar-refractivity contribution in [2.45, 2.75) is 63.7 Å². The first-order valence-electron chi connectivity index (χ1n) is 16.8. The number of allylic oxidation sites excluding steroid dienone is 1. The molecule has 4 aliphatic rings. The molecule has 48 heavy (non-hydrogen) atoms. The molecule has 3 fully saturated rings. The molecule has 3 aromatic rings. The lowest BCUT2D eigenvalue weighted by Crippen LogP contribution is -2.48. The molecule has 2 aromatic carbocycles. The fraction of sp³-hybridized carbons (Fsp3) is 0.389. The second-order valence-electron chi connectivity index (χ2n) is 13.4. The van der Waals surface area contributed by atoms with Crippen molar-refractivity contribution in [3.05, 3.63) is 88.8 Å². The number of carbonyl (C=O) groups excluding carboxylic acids is 3. The average molecular weight is 650 g/mol. The van der Waals surface area contributed by atoms with Crippen LogP contribution in [-0.2, 0) is 16.1 Å². The number of nitrogens with zero attached hydrogens (tertiary/aromatic N) is 4. The summed E-state index contributed by atoms with van der Waals surface area (Å²) in [5.74, 6) is -0.411. The van der Waals surface area contributed by atoms with Gasteiger partial charge in [-0.2, -0.15) is 5.10 Å². The van der Waals surface area contributed by atoms with Gasteiger partial charge in [0, 0.05) is 61.4 Å². The molecule has 1 atom stereocenters. The minimum atomic E-state index is -0.380. The van der Waals surface area contributed by atoms with Gasteiger partial charge in [-0.05, 0) is 43.7 Å². The largest absolute Gasteiger partial charge is 0.393 e. The molecule has 0 radical (unpaired) electrons.